The summed E-state index contributed by atoms with van der Waals surface area (Å²) in [7, 11) is 6.00. The lowest BCUT2D eigenvalue weighted by molar-refractivity contribution is -0.0118. The lowest BCUT2D eigenvalue weighted by Crippen LogP contribution is -2.22. The minimum absolute atomic E-state index is 0.0738. The van der Waals surface area contributed by atoms with Crippen molar-refractivity contribution in [1.82, 2.24) is 5.06 Å². The first-order valence-corrected chi connectivity index (χ1v) is 19.1. The molecule has 0 aromatic heterocycles. The first kappa shape index (κ1) is 42.5. The summed E-state index contributed by atoms with van der Waals surface area (Å²) in [6.07, 6.45) is 0.424. The summed E-state index contributed by atoms with van der Waals surface area (Å²) in [5.74, 6) is -1.34. The molecule has 5 aromatic rings. The Bertz CT molecular complexity index is 2300. The van der Waals surface area contributed by atoms with Gasteiger partial charge in [-0.25, -0.2) is 17.6 Å². The average molecular weight is 834 g/mol. The number of hydrogen-bond donors (Lipinski definition) is 1. The molecule has 2 atom stereocenters. The number of halogens is 4. The van der Waals surface area contributed by atoms with Crippen molar-refractivity contribution < 1.29 is 60.7 Å². The van der Waals surface area contributed by atoms with E-state index in [1.807, 2.05) is 30.3 Å². The SMILES string of the molecule is COc1cc(C2CCC(c3cc(OC)c(OC)c(OC)c3)O2)cc(CC#CN(O)C(=O)c2cccc(Oc3ccccc3)c2)c1OCCSc1c(F)c(F)cc(F)c1F. The number of para-hydroxylation sites is 1. The summed E-state index contributed by atoms with van der Waals surface area (Å²) in [6, 6.07) is 25.0. The number of carbonyl (C=O) groups excluding carboxylic acids is 1. The molecule has 0 radical (unpaired) electrons. The molecular weight excluding hydrogens is 795 g/mol. The van der Waals surface area contributed by atoms with Crippen LogP contribution in [0.3, 0.4) is 0 Å². The molecule has 1 aliphatic heterocycles. The van der Waals surface area contributed by atoms with Crippen LogP contribution in [0.15, 0.2) is 89.8 Å². The van der Waals surface area contributed by atoms with Crippen molar-refractivity contribution in [3.63, 3.8) is 0 Å². The highest BCUT2D eigenvalue weighted by Crippen LogP contribution is 2.47. The van der Waals surface area contributed by atoms with Crippen LogP contribution in [-0.2, 0) is 11.2 Å². The van der Waals surface area contributed by atoms with Gasteiger partial charge >= 0.3 is 0 Å². The van der Waals surface area contributed by atoms with Crippen molar-refractivity contribution in [3.05, 3.63) is 130 Å². The molecule has 6 rings (SSSR count). The lowest BCUT2D eigenvalue weighted by Gasteiger charge is -2.20. The number of amides is 1. The van der Waals surface area contributed by atoms with Gasteiger partial charge in [-0.15, -0.1) is 16.8 Å². The fourth-order valence-electron chi connectivity index (χ4n) is 6.40. The maximum absolute atomic E-state index is 14.3. The maximum Gasteiger partial charge on any atom is 0.289 e. The predicted octanol–water partition coefficient (Wildman–Crippen LogP) is 9.87. The van der Waals surface area contributed by atoms with Crippen LogP contribution >= 0.6 is 11.8 Å². The van der Waals surface area contributed by atoms with E-state index >= 15 is 0 Å². The van der Waals surface area contributed by atoms with Gasteiger partial charge in [-0.2, -0.15) is 0 Å². The fourth-order valence-corrected chi connectivity index (χ4v) is 7.22. The second-order valence-electron chi connectivity index (χ2n) is 12.9. The minimum Gasteiger partial charge on any atom is -0.493 e. The van der Waals surface area contributed by atoms with Crippen LogP contribution in [-0.4, -0.2) is 57.0 Å². The Balaban J connectivity index is 1.24. The third-order valence-electron chi connectivity index (χ3n) is 9.19. The van der Waals surface area contributed by atoms with Crippen LogP contribution in [0.5, 0.6) is 40.2 Å². The molecule has 0 bridgehead atoms. The van der Waals surface area contributed by atoms with E-state index in [0.717, 1.165) is 5.56 Å². The molecule has 0 aliphatic carbocycles. The van der Waals surface area contributed by atoms with Crippen LogP contribution in [0, 0.1) is 35.2 Å². The Kier molecular flexibility index (Phi) is 14.1. The maximum atomic E-state index is 14.3. The highest BCUT2D eigenvalue weighted by molar-refractivity contribution is 7.99. The molecule has 1 amide bonds. The van der Waals surface area contributed by atoms with Crippen molar-refractivity contribution in [1.29, 1.82) is 0 Å². The molecule has 59 heavy (non-hydrogen) atoms. The van der Waals surface area contributed by atoms with Crippen LogP contribution in [0.4, 0.5) is 17.6 Å². The van der Waals surface area contributed by atoms with Crippen LogP contribution < -0.4 is 28.4 Å². The molecule has 2 unspecified atom stereocenters. The van der Waals surface area contributed by atoms with Gasteiger partial charge in [0.15, 0.2) is 46.3 Å². The van der Waals surface area contributed by atoms with Gasteiger partial charge in [-0.1, -0.05) is 30.2 Å². The number of thioether (sulfide) groups is 1. The quantitative estimate of drug-likeness (QED) is 0.0160. The summed E-state index contributed by atoms with van der Waals surface area (Å²) in [5.41, 5.74) is 2.10. The third kappa shape index (κ3) is 9.97. The third-order valence-corrected chi connectivity index (χ3v) is 10.2. The van der Waals surface area contributed by atoms with E-state index in [-0.39, 0.29) is 53.1 Å². The molecule has 0 saturated carbocycles. The zero-order valence-corrected chi connectivity index (χ0v) is 33.2. The van der Waals surface area contributed by atoms with Crippen molar-refractivity contribution in [2.45, 2.75) is 36.4 Å². The molecular formula is C44H39F4NO9S. The van der Waals surface area contributed by atoms with Gasteiger partial charge in [-0.3, -0.25) is 10.0 Å². The Labute approximate surface area is 342 Å². The molecule has 10 nitrogen and oxygen atoms in total. The van der Waals surface area contributed by atoms with Gasteiger partial charge in [0, 0.05) is 35.4 Å². The first-order chi connectivity index (χ1) is 28.5. The Morgan fingerprint density at radius 3 is 1.97 bits per heavy atom. The number of carbonyl (C=O) groups is 1. The number of ether oxygens (including phenoxy) is 7. The van der Waals surface area contributed by atoms with Crippen molar-refractivity contribution in [2.75, 3.05) is 40.8 Å². The molecule has 308 valence electrons. The first-order valence-electron chi connectivity index (χ1n) is 18.1. The van der Waals surface area contributed by atoms with Gasteiger partial charge in [0.2, 0.25) is 5.75 Å². The molecule has 1 aliphatic rings. The summed E-state index contributed by atoms with van der Waals surface area (Å²) in [6.45, 7) is -0.174. The van der Waals surface area contributed by atoms with Crippen LogP contribution in [0.1, 0.15) is 52.1 Å². The van der Waals surface area contributed by atoms with Gasteiger partial charge < -0.3 is 33.2 Å². The molecule has 1 N–H and O–H groups in total. The van der Waals surface area contributed by atoms with E-state index in [4.69, 9.17) is 33.2 Å². The zero-order chi connectivity index (χ0) is 42.1. The molecule has 1 heterocycles. The van der Waals surface area contributed by atoms with Crippen LogP contribution in [0.2, 0.25) is 0 Å². The second kappa shape index (κ2) is 19.6. The summed E-state index contributed by atoms with van der Waals surface area (Å²) < 4.78 is 97.0. The number of rotatable bonds is 15. The Hall–Kier alpha value is -6.08. The van der Waals surface area contributed by atoms with Crippen molar-refractivity contribution in [3.8, 4) is 52.2 Å². The van der Waals surface area contributed by atoms with E-state index in [1.54, 1.807) is 36.4 Å². The summed E-state index contributed by atoms with van der Waals surface area (Å²) in [5, 5.41) is 11.0. The fraction of sp³-hybridized carbons (Fsp3) is 0.250. The van der Waals surface area contributed by atoms with Crippen molar-refractivity contribution >= 4 is 17.7 Å². The topological polar surface area (TPSA) is 105 Å². The van der Waals surface area contributed by atoms with Gasteiger partial charge in [0.05, 0.1) is 52.1 Å². The zero-order valence-electron chi connectivity index (χ0n) is 32.4. The molecule has 0 spiro atoms. The lowest BCUT2D eigenvalue weighted by atomic mass is 9.99. The Morgan fingerprint density at radius 2 is 1.36 bits per heavy atom. The molecule has 1 fully saturated rings. The van der Waals surface area contributed by atoms with Crippen LogP contribution in [0.25, 0.3) is 0 Å². The number of nitrogens with zero attached hydrogens (tertiary/aromatic N) is 1. The van der Waals surface area contributed by atoms with Crippen molar-refractivity contribution in [2.24, 2.45) is 0 Å². The van der Waals surface area contributed by atoms with E-state index < -0.39 is 40.2 Å². The second-order valence-corrected chi connectivity index (χ2v) is 14.0. The average Bonchev–Trinajstić information content (AvgIpc) is 3.76. The summed E-state index contributed by atoms with van der Waals surface area (Å²) >= 11 is 0.538. The minimum atomic E-state index is -1.52. The molecule has 1 saturated heterocycles. The number of methoxy groups -OCH3 is 4. The molecule has 5 aromatic carbocycles. The number of hydroxylamine groups is 2. The monoisotopic (exact) mass is 833 g/mol. The van der Waals surface area contributed by atoms with Gasteiger partial charge in [-0.05, 0) is 78.6 Å². The molecule has 15 heteroatoms. The van der Waals surface area contributed by atoms with E-state index in [0.29, 0.717) is 64.5 Å². The largest absolute Gasteiger partial charge is 0.493 e. The number of hydrogen-bond acceptors (Lipinski definition) is 10. The van der Waals surface area contributed by atoms with Gasteiger partial charge in [0.1, 0.15) is 11.5 Å². The van der Waals surface area contributed by atoms with E-state index in [9.17, 15) is 27.6 Å². The highest BCUT2D eigenvalue weighted by Gasteiger charge is 2.31. The predicted molar refractivity (Wildman–Crippen MR) is 210 cm³/mol. The normalized spacial score (nSPS) is 14.5. The van der Waals surface area contributed by atoms with Gasteiger partial charge in [0.25, 0.3) is 5.91 Å². The number of benzene rings is 5. The standard InChI is InChI=1S/C44H39F4NO9S/c1-52-36-22-28(34-15-16-35(58-34)29-23-37(53-2)42(55-4)38(24-29)54-3)20-26(41(36)56-18-19-59-43-39(47)32(45)25-33(46)40(43)48)11-9-17-49(51)44(50)27-10-8-14-31(21-27)57-30-12-6-5-7-13-30/h5-8,10,12-14,20-25,34-35,51H,11,15-16,18-19H2,1-4H3. The summed E-state index contributed by atoms with van der Waals surface area (Å²) in [4.78, 5) is 12.3. The smallest absolute Gasteiger partial charge is 0.289 e. The highest BCUT2D eigenvalue weighted by atomic mass is 32.2. The van der Waals surface area contributed by atoms with E-state index in [1.165, 1.54) is 40.6 Å². The van der Waals surface area contributed by atoms with E-state index in [2.05, 4.69) is 12.0 Å². The Morgan fingerprint density at radius 1 is 0.763 bits per heavy atom.